The van der Waals surface area contributed by atoms with Crippen LogP contribution in [0.3, 0.4) is 0 Å². The molecule has 0 bridgehead atoms. The zero-order valence-corrected chi connectivity index (χ0v) is 21.0. The highest BCUT2D eigenvalue weighted by molar-refractivity contribution is 8.93. The third-order valence-electron chi connectivity index (χ3n) is 5.37. The van der Waals surface area contributed by atoms with Crippen molar-refractivity contribution in [1.82, 2.24) is 14.1 Å². The number of fused-ring (bicyclic) bond motifs is 1. The molecule has 0 spiro atoms. The molecule has 2 aromatic heterocycles. The minimum atomic E-state index is 0. The molecule has 0 aliphatic carbocycles. The van der Waals surface area contributed by atoms with E-state index in [9.17, 15) is 0 Å². The molecule has 8 heteroatoms. The molecule has 0 amide bonds. The standard InChI is InChI=1S/C26H21ClN4O2.BrH/c1-32-22-11-3-18(4-12-22)15-28-31-17-25(20-7-13-23(33-2)14-8-20)30-16-24(29-26(30)31)19-5-9-21(27)10-6-19;/h3-17H,1-2H3;1H. The Labute approximate surface area is 212 Å². The molecule has 34 heavy (non-hydrogen) atoms. The maximum atomic E-state index is 6.06. The number of halogens is 2. The largest absolute Gasteiger partial charge is 0.497 e. The van der Waals surface area contributed by atoms with Crippen molar-refractivity contribution >= 4 is 40.6 Å². The molecule has 2 heterocycles. The number of ether oxygens (including phenoxy) is 2. The van der Waals surface area contributed by atoms with Crippen LogP contribution in [-0.2, 0) is 0 Å². The number of hydrogen-bond donors (Lipinski definition) is 0. The Hall–Kier alpha value is -3.55. The smallest absolute Gasteiger partial charge is 0.236 e. The highest BCUT2D eigenvalue weighted by Crippen LogP contribution is 2.28. The van der Waals surface area contributed by atoms with Gasteiger partial charge >= 0.3 is 0 Å². The highest BCUT2D eigenvalue weighted by atomic mass is 79.9. The number of hydrogen-bond acceptors (Lipinski definition) is 4. The minimum absolute atomic E-state index is 0. The van der Waals surface area contributed by atoms with Crippen LogP contribution >= 0.6 is 28.6 Å². The van der Waals surface area contributed by atoms with Crippen molar-refractivity contribution in [1.29, 1.82) is 0 Å². The van der Waals surface area contributed by atoms with Crippen LogP contribution in [-0.4, -0.2) is 34.5 Å². The summed E-state index contributed by atoms with van der Waals surface area (Å²) in [6.07, 6.45) is 5.78. The lowest BCUT2D eigenvalue weighted by Crippen LogP contribution is -1.91. The van der Waals surface area contributed by atoms with E-state index in [1.165, 1.54) is 0 Å². The van der Waals surface area contributed by atoms with Crippen LogP contribution in [0.4, 0.5) is 0 Å². The Morgan fingerprint density at radius 2 is 1.38 bits per heavy atom. The SMILES string of the molecule is Br.COc1ccc(C=Nn2cc(-c3ccc(OC)cc3)n3cc(-c4ccc(Cl)cc4)nc23)cc1. The Kier molecular flexibility index (Phi) is 7.05. The van der Waals surface area contributed by atoms with Gasteiger partial charge in [0.15, 0.2) is 0 Å². The fraction of sp³-hybridized carbons (Fsp3) is 0.0769. The number of aromatic nitrogens is 3. The van der Waals surface area contributed by atoms with Gasteiger partial charge in [0, 0.05) is 22.3 Å². The summed E-state index contributed by atoms with van der Waals surface area (Å²) in [6, 6.07) is 23.3. The summed E-state index contributed by atoms with van der Waals surface area (Å²) in [4.78, 5) is 4.86. The maximum absolute atomic E-state index is 6.06. The molecule has 0 atom stereocenters. The van der Waals surface area contributed by atoms with E-state index in [0.717, 1.165) is 39.6 Å². The van der Waals surface area contributed by atoms with Crippen molar-refractivity contribution in [2.75, 3.05) is 14.2 Å². The Morgan fingerprint density at radius 3 is 2.00 bits per heavy atom. The van der Waals surface area contributed by atoms with Gasteiger partial charge in [0.25, 0.3) is 0 Å². The molecule has 0 saturated heterocycles. The molecule has 0 N–H and O–H groups in total. The molecular formula is C26H22BrClN4O2. The van der Waals surface area contributed by atoms with E-state index in [2.05, 4.69) is 5.10 Å². The molecule has 6 nitrogen and oxygen atoms in total. The molecule has 0 radical (unpaired) electrons. The molecule has 0 fully saturated rings. The van der Waals surface area contributed by atoms with Gasteiger partial charge in [-0.2, -0.15) is 5.10 Å². The summed E-state index contributed by atoms with van der Waals surface area (Å²) in [5.41, 5.74) is 4.77. The van der Waals surface area contributed by atoms with Crippen molar-refractivity contribution < 1.29 is 9.47 Å². The van der Waals surface area contributed by atoms with Crippen LogP contribution in [0.15, 0.2) is 90.3 Å². The van der Waals surface area contributed by atoms with Crippen LogP contribution < -0.4 is 9.47 Å². The van der Waals surface area contributed by atoms with E-state index in [1.807, 2.05) is 89.6 Å². The first-order chi connectivity index (χ1) is 16.1. The van der Waals surface area contributed by atoms with Gasteiger partial charge in [-0.15, -0.1) is 17.0 Å². The second kappa shape index (κ2) is 10.2. The fourth-order valence-corrected chi connectivity index (χ4v) is 3.71. The molecule has 5 rings (SSSR count). The first-order valence-corrected chi connectivity index (χ1v) is 10.7. The summed E-state index contributed by atoms with van der Waals surface area (Å²) in [7, 11) is 3.31. The molecular weight excluding hydrogens is 516 g/mol. The normalized spacial score (nSPS) is 11.0. The molecule has 172 valence electrons. The average molecular weight is 538 g/mol. The molecule has 3 aromatic carbocycles. The second-order valence-electron chi connectivity index (χ2n) is 7.41. The summed E-state index contributed by atoms with van der Waals surface area (Å²) < 4.78 is 14.4. The van der Waals surface area contributed by atoms with E-state index in [-0.39, 0.29) is 17.0 Å². The quantitative estimate of drug-likeness (QED) is 0.229. The summed E-state index contributed by atoms with van der Waals surface area (Å²) in [5, 5.41) is 5.37. The van der Waals surface area contributed by atoms with Crippen molar-refractivity contribution in [2.45, 2.75) is 0 Å². The predicted octanol–water partition coefficient (Wildman–Crippen LogP) is 6.60. The van der Waals surface area contributed by atoms with Gasteiger partial charge < -0.3 is 9.47 Å². The third-order valence-corrected chi connectivity index (χ3v) is 5.62. The van der Waals surface area contributed by atoms with Gasteiger partial charge in [0.1, 0.15) is 11.5 Å². The lowest BCUT2D eigenvalue weighted by Gasteiger charge is -2.02. The number of methoxy groups -OCH3 is 2. The summed E-state index contributed by atoms with van der Waals surface area (Å²) >= 11 is 6.06. The maximum Gasteiger partial charge on any atom is 0.236 e. The highest BCUT2D eigenvalue weighted by Gasteiger charge is 2.15. The van der Waals surface area contributed by atoms with E-state index < -0.39 is 0 Å². The lowest BCUT2D eigenvalue weighted by molar-refractivity contribution is 0.414. The topological polar surface area (TPSA) is 53.0 Å². The first-order valence-electron chi connectivity index (χ1n) is 10.3. The van der Waals surface area contributed by atoms with E-state index in [0.29, 0.717) is 10.8 Å². The Morgan fingerprint density at radius 1 is 0.794 bits per heavy atom. The Bertz CT molecular complexity index is 1420. The van der Waals surface area contributed by atoms with Crippen LogP contribution in [0, 0.1) is 0 Å². The van der Waals surface area contributed by atoms with Crippen molar-refractivity contribution in [2.24, 2.45) is 5.10 Å². The third kappa shape index (κ3) is 4.71. The van der Waals surface area contributed by atoms with Gasteiger partial charge in [-0.05, 0) is 66.2 Å². The van der Waals surface area contributed by atoms with E-state index in [4.69, 9.17) is 26.1 Å². The van der Waals surface area contributed by atoms with Crippen LogP contribution in [0.2, 0.25) is 5.02 Å². The Balaban J connectivity index is 0.00000274. The fourth-order valence-electron chi connectivity index (χ4n) is 3.58. The molecule has 0 unspecified atom stereocenters. The van der Waals surface area contributed by atoms with Gasteiger partial charge in [-0.1, -0.05) is 23.7 Å². The van der Waals surface area contributed by atoms with Crippen LogP contribution in [0.1, 0.15) is 5.56 Å². The van der Waals surface area contributed by atoms with Gasteiger partial charge in [-0.3, -0.25) is 4.40 Å². The zero-order chi connectivity index (χ0) is 22.8. The van der Waals surface area contributed by atoms with Crippen molar-refractivity contribution in [3.8, 4) is 34.0 Å². The second-order valence-corrected chi connectivity index (χ2v) is 7.84. The van der Waals surface area contributed by atoms with E-state index in [1.54, 1.807) is 25.1 Å². The molecule has 0 saturated carbocycles. The zero-order valence-electron chi connectivity index (χ0n) is 18.6. The molecule has 0 aliphatic heterocycles. The van der Waals surface area contributed by atoms with E-state index >= 15 is 0 Å². The summed E-state index contributed by atoms with van der Waals surface area (Å²) in [6.45, 7) is 0. The first kappa shape index (κ1) is 23.6. The number of nitrogens with zero attached hydrogens (tertiary/aromatic N) is 4. The molecule has 0 aliphatic rings. The monoisotopic (exact) mass is 536 g/mol. The van der Waals surface area contributed by atoms with Gasteiger partial charge in [0.05, 0.1) is 38.0 Å². The number of benzene rings is 3. The average Bonchev–Trinajstić information content (AvgIpc) is 3.43. The minimum Gasteiger partial charge on any atom is -0.497 e. The number of imidazole rings is 2. The number of rotatable bonds is 6. The van der Waals surface area contributed by atoms with Crippen LogP contribution in [0.25, 0.3) is 28.3 Å². The summed E-state index contributed by atoms with van der Waals surface area (Å²) in [5.74, 6) is 2.31. The van der Waals surface area contributed by atoms with Gasteiger partial charge in [-0.25, -0.2) is 9.66 Å². The predicted molar refractivity (Wildman–Crippen MR) is 142 cm³/mol. The van der Waals surface area contributed by atoms with Crippen LogP contribution in [0.5, 0.6) is 11.5 Å². The van der Waals surface area contributed by atoms with Crippen molar-refractivity contribution in [3.05, 3.63) is 95.8 Å². The lowest BCUT2D eigenvalue weighted by atomic mass is 10.1. The van der Waals surface area contributed by atoms with Gasteiger partial charge in [0.2, 0.25) is 5.78 Å². The van der Waals surface area contributed by atoms with Crippen molar-refractivity contribution in [3.63, 3.8) is 0 Å². The molecule has 5 aromatic rings.